The number of aromatic nitrogens is 3. The number of ether oxygens (including phenoxy) is 2. The molecule has 1 unspecified atom stereocenters. The summed E-state index contributed by atoms with van der Waals surface area (Å²) in [6, 6.07) is 11.7. The van der Waals surface area contributed by atoms with E-state index in [4.69, 9.17) is 25.2 Å². The van der Waals surface area contributed by atoms with Crippen molar-refractivity contribution >= 4 is 21.6 Å². The summed E-state index contributed by atoms with van der Waals surface area (Å²) in [5.41, 5.74) is 9.87. The monoisotopic (exact) mass is 446 g/mol. The van der Waals surface area contributed by atoms with Gasteiger partial charge in [0.05, 0.1) is 12.5 Å². The van der Waals surface area contributed by atoms with E-state index in [1.807, 2.05) is 36.4 Å². The van der Waals surface area contributed by atoms with Gasteiger partial charge in [-0.1, -0.05) is 12.1 Å². The molecule has 32 heavy (non-hydrogen) atoms. The van der Waals surface area contributed by atoms with E-state index < -0.39 is 0 Å². The third kappa shape index (κ3) is 4.31. The molecule has 6 nitrogen and oxygen atoms in total. The van der Waals surface area contributed by atoms with Gasteiger partial charge in [-0.05, 0) is 67.5 Å². The van der Waals surface area contributed by atoms with Crippen molar-refractivity contribution in [3.63, 3.8) is 0 Å². The Morgan fingerprint density at radius 3 is 2.59 bits per heavy atom. The number of nitrogens with zero attached hydrogens (tertiary/aromatic N) is 3. The van der Waals surface area contributed by atoms with Crippen LogP contribution in [-0.2, 0) is 19.3 Å². The Balaban J connectivity index is 1.42. The smallest absolute Gasteiger partial charge is 0.226 e. The lowest BCUT2D eigenvalue weighted by Crippen LogP contribution is -2.30. The molecule has 0 aliphatic heterocycles. The maximum atomic E-state index is 6.43. The number of hydrogen-bond acceptors (Lipinski definition) is 7. The quantitative estimate of drug-likeness (QED) is 0.447. The molecule has 1 atom stereocenters. The first-order chi connectivity index (χ1) is 15.7. The van der Waals surface area contributed by atoms with Crippen molar-refractivity contribution < 1.29 is 9.47 Å². The topological polar surface area (TPSA) is 83.2 Å². The Morgan fingerprint density at radius 2 is 1.81 bits per heavy atom. The summed E-state index contributed by atoms with van der Waals surface area (Å²) < 4.78 is 11.5. The summed E-state index contributed by atoms with van der Waals surface area (Å²) in [6.07, 6.45) is 8.83. The molecule has 164 valence electrons. The number of fused-ring (bicyclic) bond motifs is 3. The minimum Gasteiger partial charge on any atom is -0.497 e. The number of methoxy groups -OCH3 is 1. The maximum absolute atomic E-state index is 6.43. The predicted molar refractivity (Wildman–Crippen MR) is 127 cm³/mol. The molecule has 7 heteroatoms. The van der Waals surface area contributed by atoms with E-state index in [1.54, 1.807) is 30.8 Å². The van der Waals surface area contributed by atoms with Crippen LogP contribution in [0.2, 0.25) is 0 Å². The van der Waals surface area contributed by atoms with Crippen LogP contribution in [0.5, 0.6) is 11.6 Å². The number of hydrogen-bond donors (Lipinski definition) is 1. The number of aryl methyl sites for hydroxylation is 2. The lowest BCUT2D eigenvalue weighted by Gasteiger charge is -2.16. The Kier molecular flexibility index (Phi) is 6.01. The molecule has 1 aliphatic rings. The number of benzene rings is 1. The van der Waals surface area contributed by atoms with Crippen molar-refractivity contribution in [2.75, 3.05) is 13.7 Å². The molecule has 0 spiro atoms. The normalized spacial score (nSPS) is 14.2. The van der Waals surface area contributed by atoms with Crippen molar-refractivity contribution in [2.45, 2.75) is 38.1 Å². The number of rotatable bonds is 7. The third-order valence-corrected chi connectivity index (χ3v) is 7.00. The molecule has 4 aromatic rings. The molecule has 3 aromatic heterocycles. The molecule has 3 heterocycles. The van der Waals surface area contributed by atoms with Gasteiger partial charge in [-0.15, -0.1) is 11.3 Å². The molecule has 0 saturated heterocycles. The molecule has 0 amide bonds. The van der Waals surface area contributed by atoms with E-state index in [2.05, 4.69) is 4.98 Å². The van der Waals surface area contributed by atoms with Crippen LogP contribution in [0, 0.1) is 0 Å². The highest BCUT2D eigenvalue weighted by Gasteiger charge is 2.23. The molecule has 1 aromatic carbocycles. The SMILES string of the molecule is COc1ccc(CC(N)COc2nc(-c3ccncc3)nc3sc4c(c23)CCCC4)cc1. The first kappa shape index (κ1) is 20.8. The zero-order chi connectivity index (χ0) is 21.9. The van der Waals surface area contributed by atoms with Crippen LogP contribution in [-0.4, -0.2) is 34.7 Å². The van der Waals surface area contributed by atoms with Crippen LogP contribution < -0.4 is 15.2 Å². The van der Waals surface area contributed by atoms with Gasteiger partial charge < -0.3 is 15.2 Å². The summed E-state index contributed by atoms with van der Waals surface area (Å²) >= 11 is 1.77. The van der Waals surface area contributed by atoms with E-state index in [1.165, 1.54) is 23.3 Å². The highest BCUT2D eigenvalue weighted by Crippen LogP contribution is 2.40. The second kappa shape index (κ2) is 9.22. The summed E-state index contributed by atoms with van der Waals surface area (Å²) in [5.74, 6) is 2.15. The van der Waals surface area contributed by atoms with E-state index in [0.29, 0.717) is 18.3 Å². The number of nitrogens with two attached hydrogens (primary N) is 1. The highest BCUT2D eigenvalue weighted by molar-refractivity contribution is 7.18. The van der Waals surface area contributed by atoms with Gasteiger partial charge in [0.15, 0.2) is 5.82 Å². The molecule has 5 rings (SSSR count). The zero-order valence-corrected chi connectivity index (χ0v) is 18.9. The largest absolute Gasteiger partial charge is 0.497 e. The van der Waals surface area contributed by atoms with Crippen molar-refractivity contribution in [1.82, 2.24) is 15.0 Å². The van der Waals surface area contributed by atoms with Gasteiger partial charge in [-0.2, -0.15) is 4.98 Å². The fourth-order valence-electron chi connectivity index (χ4n) is 4.17. The zero-order valence-electron chi connectivity index (χ0n) is 18.1. The van der Waals surface area contributed by atoms with Gasteiger partial charge in [0.2, 0.25) is 5.88 Å². The van der Waals surface area contributed by atoms with Crippen molar-refractivity contribution in [3.05, 3.63) is 64.8 Å². The predicted octanol–water partition coefficient (Wildman–Crippen LogP) is 4.59. The lowest BCUT2D eigenvalue weighted by atomic mass is 9.97. The van der Waals surface area contributed by atoms with Gasteiger partial charge in [-0.25, -0.2) is 4.98 Å². The first-order valence-electron chi connectivity index (χ1n) is 11.0. The fourth-order valence-corrected chi connectivity index (χ4v) is 5.42. The first-order valence-corrected chi connectivity index (χ1v) is 11.8. The third-order valence-electron chi connectivity index (χ3n) is 5.81. The molecular weight excluding hydrogens is 420 g/mol. The standard InChI is InChI=1S/C25H26N4O2S/c1-30-19-8-6-16(7-9-19)14-18(26)15-31-24-22-20-4-2-3-5-21(20)32-25(22)29-23(28-24)17-10-12-27-13-11-17/h6-13,18H,2-5,14-15,26H2,1H3. The summed E-state index contributed by atoms with van der Waals surface area (Å²) in [5, 5.41) is 1.07. The van der Waals surface area contributed by atoms with Crippen LogP contribution in [0.15, 0.2) is 48.8 Å². The van der Waals surface area contributed by atoms with Gasteiger partial charge in [-0.3, -0.25) is 4.98 Å². The van der Waals surface area contributed by atoms with Gasteiger partial charge >= 0.3 is 0 Å². The summed E-state index contributed by atoms with van der Waals surface area (Å²) in [6.45, 7) is 0.387. The molecule has 0 fully saturated rings. The molecular formula is C25H26N4O2S. The van der Waals surface area contributed by atoms with Crippen LogP contribution >= 0.6 is 11.3 Å². The van der Waals surface area contributed by atoms with Crippen molar-refractivity contribution in [2.24, 2.45) is 5.73 Å². The number of thiophene rings is 1. The summed E-state index contributed by atoms with van der Waals surface area (Å²) in [7, 11) is 1.67. The Labute approximate surface area is 191 Å². The Morgan fingerprint density at radius 1 is 1.03 bits per heavy atom. The van der Waals surface area contributed by atoms with Crippen LogP contribution in [0.1, 0.15) is 28.8 Å². The van der Waals surface area contributed by atoms with E-state index in [-0.39, 0.29) is 6.04 Å². The fraction of sp³-hybridized carbons (Fsp3) is 0.320. The molecule has 2 N–H and O–H groups in total. The van der Waals surface area contributed by atoms with E-state index in [0.717, 1.165) is 46.4 Å². The Bertz CT molecular complexity index is 1210. The highest BCUT2D eigenvalue weighted by atomic mass is 32.1. The molecule has 0 bridgehead atoms. The summed E-state index contributed by atoms with van der Waals surface area (Å²) in [4.78, 5) is 16.2. The second-order valence-electron chi connectivity index (χ2n) is 8.10. The molecule has 0 radical (unpaired) electrons. The van der Waals surface area contributed by atoms with Gasteiger partial charge in [0.25, 0.3) is 0 Å². The van der Waals surface area contributed by atoms with Crippen LogP contribution in [0.4, 0.5) is 0 Å². The average Bonchev–Trinajstić information content (AvgIpc) is 3.22. The second-order valence-corrected chi connectivity index (χ2v) is 9.19. The molecule has 1 aliphatic carbocycles. The minimum atomic E-state index is -0.146. The van der Waals surface area contributed by atoms with Gasteiger partial charge in [0, 0.05) is 28.9 Å². The van der Waals surface area contributed by atoms with Gasteiger partial charge in [0.1, 0.15) is 17.2 Å². The lowest BCUT2D eigenvalue weighted by molar-refractivity contribution is 0.280. The van der Waals surface area contributed by atoms with Crippen LogP contribution in [0.25, 0.3) is 21.6 Å². The van der Waals surface area contributed by atoms with Crippen molar-refractivity contribution in [3.8, 4) is 23.0 Å². The molecule has 0 saturated carbocycles. The number of pyridine rings is 1. The maximum Gasteiger partial charge on any atom is 0.226 e. The minimum absolute atomic E-state index is 0.146. The van der Waals surface area contributed by atoms with E-state index >= 15 is 0 Å². The van der Waals surface area contributed by atoms with Crippen LogP contribution in [0.3, 0.4) is 0 Å². The van der Waals surface area contributed by atoms with Crippen molar-refractivity contribution in [1.29, 1.82) is 0 Å². The average molecular weight is 447 g/mol. The Hall–Kier alpha value is -3.03. The van der Waals surface area contributed by atoms with E-state index in [9.17, 15) is 0 Å².